The fraction of sp³-hybridized carbons (Fsp3) is 0.214. The minimum atomic E-state index is -1.51. The van der Waals surface area contributed by atoms with Crippen LogP contribution in [0.4, 0.5) is 10.1 Å². The van der Waals surface area contributed by atoms with Crippen LogP contribution in [0.2, 0.25) is 10.0 Å². The maximum absolute atomic E-state index is 16.1. The Balaban J connectivity index is 1.85. The zero-order valence-corrected chi connectivity index (χ0v) is 20.9. The highest BCUT2D eigenvalue weighted by atomic mass is 35.5. The molecule has 1 spiro atoms. The van der Waals surface area contributed by atoms with Gasteiger partial charge in [-0.2, -0.15) is 0 Å². The van der Waals surface area contributed by atoms with E-state index in [1.807, 2.05) is 0 Å². The van der Waals surface area contributed by atoms with Gasteiger partial charge in [-0.25, -0.2) is 4.39 Å². The molecule has 0 saturated carbocycles. The Hall–Kier alpha value is -3.57. The molecule has 0 aliphatic carbocycles. The minimum Gasteiger partial charge on any atom is -0.491 e. The third-order valence-corrected chi connectivity index (χ3v) is 7.41. The summed E-state index contributed by atoms with van der Waals surface area (Å²) in [7, 11) is 0. The molecule has 9 heteroatoms. The molecule has 0 radical (unpaired) electrons. The second-order valence-electron chi connectivity index (χ2n) is 8.88. The number of benzene rings is 3. The fourth-order valence-electron chi connectivity index (χ4n) is 5.48. The molecule has 0 bridgehead atoms. The van der Waals surface area contributed by atoms with Crippen molar-refractivity contribution in [3.63, 3.8) is 0 Å². The smallest absolute Gasteiger partial charge is 0.238 e. The highest BCUT2D eigenvalue weighted by Crippen LogP contribution is 2.59. The fourth-order valence-corrected chi connectivity index (χ4v) is 5.85. The van der Waals surface area contributed by atoms with Crippen LogP contribution >= 0.6 is 23.2 Å². The topological polar surface area (TPSA) is 87.7 Å². The second-order valence-corrected chi connectivity index (χ2v) is 9.75. The van der Waals surface area contributed by atoms with Crippen molar-refractivity contribution in [2.24, 2.45) is 0 Å². The van der Waals surface area contributed by atoms with Crippen molar-refractivity contribution >= 4 is 40.7 Å². The van der Waals surface area contributed by atoms with Gasteiger partial charge in [-0.05, 0) is 47.5 Å². The predicted octanol–water partition coefficient (Wildman–Crippen LogP) is 4.72. The number of ether oxygens (including phenoxy) is 1. The van der Waals surface area contributed by atoms with Crippen LogP contribution in [-0.2, 0) is 15.0 Å². The molecule has 2 aliphatic heterocycles. The monoisotopic (exact) mass is 538 g/mol. The number of aliphatic hydroxyl groups is 1. The summed E-state index contributed by atoms with van der Waals surface area (Å²) >= 11 is 12.5. The molecule has 2 amide bonds. The lowest BCUT2D eigenvalue weighted by Gasteiger charge is -2.46. The number of rotatable bonds is 5. The zero-order valence-electron chi connectivity index (χ0n) is 19.4. The number of aliphatic hydroxyl groups excluding tert-OH is 1. The first kappa shape index (κ1) is 25.1. The van der Waals surface area contributed by atoms with Crippen molar-refractivity contribution in [2.75, 3.05) is 18.5 Å². The van der Waals surface area contributed by atoms with Gasteiger partial charge >= 0.3 is 0 Å². The molecule has 5 rings (SSSR count). The average molecular weight is 539 g/mol. The average Bonchev–Trinajstić information content (AvgIpc) is 3.15. The summed E-state index contributed by atoms with van der Waals surface area (Å²) in [5.41, 5.74) is -0.0226. The number of anilines is 1. The predicted molar refractivity (Wildman–Crippen MR) is 138 cm³/mol. The van der Waals surface area contributed by atoms with E-state index in [2.05, 4.69) is 16.6 Å². The molecular formula is C28H21Cl2FN2O4. The van der Waals surface area contributed by atoms with Crippen LogP contribution in [0.5, 0.6) is 5.75 Å². The van der Waals surface area contributed by atoms with Gasteiger partial charge in [0.25, 0.3) is 0 Å². The Bertz CT molecular complexity index is 1470. The van der Waals surface area contributed by atoms with Crippen molar-refractivity contribution in [2.45, 2.75) is 23.8 Å². The van der Waals surface area contributed by atoms with Crippen LogP contribution in [-0.4, -0.2) is 30.1 Å². The van der Waals surface area contributed by atoms with E-state index in [4.69, 9.17) is 34.4 Å². The normalized spacial score (nSPS) is 22.2. The van der Waals surface area contributed by atoms with Gasteiger partial charge in [0.2, 0.25) is 11.8 Å². The number of nitrogens with one attached hydrogen (secondary N) is 2. The van der Waals surface area contributed by atoms with E-state index in [-0.39, 0.29) is 36.5 Å². The molecule has 3 N–H and O–H groups in total. The van der Waals surface area contributed by atoms with E-state index < -0.39 is 35.0 Å². The Morgan fingerprint density at radius 3 is 2.65 bits per heavy atom. The first-order valence-corrected chi connectivity index (χ1v) is 12.3. The molecule has 2 aliphatic rings. The van der Waals surface area contributed by atoms with Gasteiger partial charge in [-0.3, -0.25) is 9.59 Å². The molecule has 3 aromatic carbocycles. The number of amides is 2. The summed E-state index contributed by atoms with van der Waals surface area (Å²) in [6, 6.07) is 13.5. The number of carbonyl (C=O) groups excluding carboxylic acids is 2. The molecular weight excluding hydrogens is 518 g/mol. The van der Waals surface area contributed by atoms with E-state index in [0.29, 0.717) is 26.9 Å². The molecule has 3 atom stereocenters. The van der Waals surface area contributed by atoms with Crippen LogP contribution in [0.3, 0.4) is 0 Å². The molecule has 1 fully saturated rings. The summed E-state index contributed by atoms with van der Waals surface area (Å²) in [6.45, 7) is -0.460. The first-order chi connectivity index (χ1) is 17.8. The lowest BCUT2D eigenvalue weighted by molar-refractivity contribution is -0.131. The quantitative estimate of drug-likeness (QED) is 0.410. The SMILES string of the molecule is C#Cc1ccc(OCCO)c([C@H]2NC(=O)C[C@@H](c3cccc(Cl)c3)[C@]23C(=O)Nc2cc(Cl)ccc23)c1F. The molecule has 0 unspecified atom stereocenters. The van der Waals surface area contributed by atoms with Gasteiger partial charge in [0.05, 0.1) is 23.8 Å². The lowest BCUT2D eigenvalue weighted by Crippen LogP contribution is -2.57. The maximum atomic E-state index is 16.1. The van der Waals surface area contributed by atoms with Crippen molar-refractivity contribution in [1.82, 2.24) is 5.32 Å². The number of terminal acetylenes is 1. The van der Waals surface area contributed by atoms with Gasteiger partial charge in [-0.1, -0.05) is 47.3 Å². The number of hydrogen-bond acceptors (Lipinski definition) is 4. The van der Waals surface area contributed by atoms with Crippen LogP contribution < -0.4 is 15.4 Å². The number of carbonyl (C=O) groups is 2. The van der Waals surface area contributed by atoms with Crippen LogP contribution in [0.15, 0.2) is 54.6 Å². The summed E-state index contributed by atoms with van der Waals surface area (Å²) in [6.07, 6.45) is 5.50. The molecule has 1 saturated heterocycles. The van der Waals surface area contributed by atoms with Crippen molar-refractivity contribution in [1.29, 1.82) is 0 Å². The number of hydrogen-bond donors (Lipinski definition) is 3. The Kier molecular flexibility index (Phi) is 6.59. The van der Waals surface area contributed by atoms with E-state index >= 15 is 4.39 Å². The standard InChI is InChI=1S/C28H21Cl2FN2O4/c1-2-15-6-9-22(37-11-10-34)24(25(15)31)26-28(19-8-7-18(30)13-21(19)32-27(28)36)20(14-23(35)33-26)16-4-3-5-17(29)12-16/h1,3-9,12-13,20,26,34H,10-11,14H2,(H,32,36)(H,33,35)/t20-,26+,28-/m0/s1. The van der Waals surface area contributed by atoms with E-state index in [1.165, 1.54) is 12.1 Å². The molecule has 37 heavy (non-hydrogen) atoms. The van der Waals surface area contributed by atoms with E-state index in [9.17, 15) is 14.7 Å². The highest BCUT2D eigenvalue weighted by molar-refractivity contribution is 6.31. The van der Waals surface area contributed by atoms with Crippen LogP contribution in [0, 0.1) is 18.2 Å². The summed E-state index contributed by atoms with van der Waals surface area (Å²) in [5, 5.41) is 15.9. The summed E-state index contributed by atoms with van der Waals surface area (Å²) in [5.74, 6) is -0.00967. The van der Waals surface area contributed by atoms with Crippen LogP contribution in [0.1, 0.15) is 40.6 Å². The molecule has 188 valence electrons. The summed E-state index contributed by atoms with van der Waals surface area (Å²) in [4.78, 5) is 27.3. The molecule has 3 aromatic rings. The zero-order chi connectivity index (χ0) is 26.3. The van der Waals surface area contributed by atoms with Gasteiger partial charge in [0, 0.05) is 28.1 Å². The van der Waals surface area contributed by atoms with Crippen molar-refractivity contribution in [3.8, 4) is 18.1 Å². The van der Waals surface area contributed by atoms with Gasteiger partial charge in [0.15, 0.2) is 0 Å². The third kappa shape index (κ3) is 4.02. The Morgan fingerprint density at radius 1 is 1.14 bits per heavy atom. The van der Waals surface area contributed by atoms with Gasteiger partial charge < -0.3 is 20.5 Å². The van der Waals surface area contributed by atoms with E-state index in [0.717, 1.165) is 0 Å². The summed E-state index contributed by atoms with van der Waals surface area (Å²) < 4.78 is 21.7. The van der Waals surface area contributed by atoms with Crippen LogP contribution in [0.25, 0.3) is 0 Å². The maximum Gasteiger partial charge on any atom is 0.238 e. The molecule has 2 heterocycles. The number of fused-ring (bicyclic) bond motifs is 2. The highest BCUT2D eigenvalue weighted by Gasteiger charge is 2.62. The molecule has 0 aromatic heterocycles. The van der Waals surface area contributed by atoms with E-state index in [1.54, 1.807) is 42.5 Å². The van der Waals surface area contributed by atoms with Gasteiger partial charge in [-0.15, -0.1) is 6.42 Å². The third-order valence-electron chi connectivity index (χ3n) is 6.93. The Labute approximate surface area is 222 Å². The van der Waals surface area contributed by atoms with Crippen molar-refractivity contribution in [3.05, 3.63) is 92.7 Å². The van der Waals surface area contributed by atoms with Gasteiger partial charge in [0.1, 0.15) is 23.6 Å². The van der Waals surface area contributed by atoms with Crippen molar-refractivity contribution < 1.29 is 23.8 Å². The lowest BCUT2D eigenvalue weighted by atomic mass is 9.59. The minimum absolute atomic E-state index is 0.0529. The number of halogens is 3. The molecule has 6 nitrogen and oxygen atoms in total. The largest absolute Gasteiger partial charge is 0.491 e. The second kappa shape index (κ2) is 9.71. The number of piperidine rings is 1. The first-order valence-electron chi connectivity index (χ1n) is 11.5. The Morgan fingerprint density at radius 2 is 1.92 bits per heavy atom.